The third kappa shape index (κ3) is 2.91. The van der Waals surface area contributed by atoms with E-state index < -0.39 is 4.92 Å². The van der Waals surface area contributed by atoms with E-state index in [4.69, 9.17) is 0 Å². The molecule has 0 saturated carbocycles. The van der Waals surface area contributed by atoms with Crippen molar-refractivity contribution in [3.05, 3.63) is 46.3 Å². The lowest BCUT2D eigenvalue weighted by Gasteiger charge is -2.10. The first-order chi connectivity index (χ1) is 8.66. The molecule has 0 aromatic heterocycles. The number of non-ortho nitro benzene ring substituents is 1. The summed E-state index contributed by atoms with van der Waals surface area (Å²) in [6.07, 6.45) is 3.85. The van der Waals surface area contributed by atoms with Gasteiger partial charge in [-0.3, -0.25) is 10.1 Å². The Hall–Kier alpha value is -2.24. The molecule has 1 aliphatic rings. The summed E-state index contributed by atoms with van der Waals surface area (Å²) in [6.45, 7) is 1.04. The molecule has 1 aliphatic heterocycles. The predicted molar refractivity (Wildman–Crippen MR) is 67.6 cm³/mol. The molecule has 1 aromatic rings. The Morgan fingerprint density at radius 1 is 1.50 bits per heavy atom. The molecule has 0 amide bonds. The molecule has 94 valence electrons. The molecule has 6 heteroatoms. The van der Waals surface area contributed by atoms with Crippen LogP contribution in [0.2, 0.25) is 0 Å². The van der Waals surface area contributed by atoms with Crippen LogP contribution in [0.25, 0.3) is 0 Å². The Morgan fingerprint density at radius 3 is 3.00 bits per heavy atom. The van der Waals surface area contributed by atoms with Crippen LogP contribution in [-0.4, -0.2) is 23.4 Å². The predicted octanol–water partition coefficient (Wildman–Crippen LogP) is 3.25. The van der Waals surface area contributed by atoms with Gasteiger partial charge in [0.25, 0.3) is 5.69 Å². The Morgan fingerprint density at radius 2 is 2.33 bits per heavy atom. The minimum atomic E-state index is -0.442. The fourth-order valence-electron chi connectivity index (χ4n) is 1.83. The standard InChI is InChI=1S/C12H14N4O2/c1-15-7-3-6-12(15)9-13-14-10-4-2-5-11(8-10)16(17)18/h2,4-5,8-9H,3,6-7H2,1H3/b12-9+,14-13?. The van der Waals surface area contributed by atoms with Crippen LogP contribution < -0.4 is 0 Å². The van der Waals surface area contributed by atoms with Crippen molar-refractivity contribution >= 4 is 11.4 Å². The van der Waals surface area contributed by atoms with Crippen molar-refractivity contribution < 1.29 is 4.92 Å². The van der Waals surface area contributed by atoms with E-state index in [0.29, 0.717) is 5.69 Å². The second-order valence-corrected chi connectivity index (χ2v) is 4.14. The minimum absolute atomic E-state index is 0.0251. The van der Waals surface area contributed by atoms with E-state index in [1.54, 1.807) is 18.3 Å². The number of benzene rings is 1. The largest absolute Gasteiger partial charge is 0.377 e. The van der Waals surface area contributed by atoms with Crippen LogP contribution in [0.15, 0.2) is 46.4 Å². The fourth-order valence-corrected chi connectivity index (χ4v) is 1.83. The molecular weight excluding hydrogens is 232 g/mol. The Bertz CT molecular complexity index is 511. The second-order valence-electron chi connectivity index (χ2n) is 4.14. The number of hydrogen-bond donors (Lipinski definition) is 0. The number of likely N-dealkylation sites (tertiary alicyclic amines) is 1. The monoisotopic (exact) mass is 246 g/mol. The summed E-state index contributed by atoms with van der Waals surface area (Å²) in [4.78, 5) is 12.3. The maximum Gasteiger partial charge on any atom is 0.271 e. The van der Waals surface area contributed by atoms with Gasteiger partial charge >= 0.3 is 0 Å². The van der Waals surface area contributed by atoms with Crippen molar-refractivity contribution in [3.8, 4) is 0 Å². The van der Waals surface area contributed by atoms with Crippen LogP contribution in [0.4, 0.5) is 11.4 Å². The maximum absolute atomic E-state index is 10.6. The number of rotatable bonds is 3. The molecule has 0 bridgehead atoms. The van der Waals surface area contributed by atoms with E-state index >= 15 is 0 Å². The van der Waals surface area contributed by atoms with Gasteiger partial charge < -0.3 is 4.90 Å². The van der Waals surface area contributed by atoms with Crippen LogP contribution >= 0.6 is 0 Å². The molecule has 1 aromatic carbocycles. The highest BCUT2D eigenvalue weighted by Gasteiger charge is 2.11. The number of nitrogens with zero attached hydrogens (tertiary/aromatic N) is 4. The molecule has 0 atom stereocenters. The van der Waals surface area contributed by atoms with Crippen LogP contribution in [0.3, 0.4) is 0 Å². The van der Waals surface area contributed by atoms with Crippen molar-refractivity contribution in [2.45, 2.75) is 12.8 Å². The van der Waals surface area contributed by atoms with E-state index in [2.05, 4.69) is 15.1 Å². The zero-order chi connectivity index (χ0) is 13.0. The zero-order valence-electron chi connectivity index (χ0n) is 10.1. The molecule has 0 radical (unpaired) electrons. The Kier molecular flexibility index (Phi) is 3.66. The van der Waals surface area contributed by atoms with E-state index in [9.17, 15) is 10.1 Å². The van der Waals surface area contributed by atoms with Crippen molar-refractivity contribution in [1.82, 2.24) is 4.90 Å². The van der Waals surface area contributed by atoms with E-state index in [0.717, 1.165) is 25.1 Å². The lowest BCUT2D eigenvalue weighted by molar-refractivity contribution is -0.384. The zero-order valence-corrected chi connectivity index (χ0v) is 10.1. The first-order valence-electron chi connectivity index (χ1n) is 5.72. The normalized spacial score (nSPS) is 17.8. The van der Waals surface area contributed by atoms with E-state index in [1.165, 1.54) is 12.1 Å². The first kappa shape index (κ1) is 12.2. The van der Waals surface area contributed by atoms with E-state index in [1.807, 2.05) is 7.05 Å². The van der Waals surface area contributed by atoms with Gasteiger partial charge in [0.1, 0.15) is 0 Å². The Labute approximate surface area is 105 Å². The van der Waals surface area contributed by atoms with Gasteiger partial charge in [-0.25, -0.2) is 0 Å². The van der Waals surface area contributed by atoms with Crippen LogP contribution in [-0.2, 0) is 0 Å². The van der Waals surface area contributed by atoms with Gasteiger partial charge in [-0.2, -0.15) is 10.2 Å². The maximum atomic E-state index is 10.6. The van der Waals surface area contributed by atoms with Gasteiger partial charge in [-0.1, -0.05) is 6.07 Å². The van der Waals surface area contributed by atoms with Crippen molar-refractivity contribution in [2.24, 2.45) is 10.2 Å². The number of nitro benzene ring substituents is 1. The summed E-state index contributed by atoms with van der Waals surface area (Å²) in [5.41, 5.74) is 1.66. The smallest absolute Gasteiger partial charge is 0.271 e. The summed E-state index contributed by atoms with van der Waals surface area (Å²) in [7, 11) is 2.02. The molecule has 0 spiro atoms. The number of nitro groups is 1. The van der Waals surface area contributed by atoms with E-state index in [-0.39, 0.29) is 5.69 Å². The minimum Gasteiger partial charge on any atom is -0.377 e. The van der Waals surface area contributed by atoms with Gasteiger partial charge in [-0.15, -0.1) is 0 Å². The van der Waals surface area contributed by atoms with Gasteiger partial charge in [0, 0.05) is 31.4 Å². The molecule has 0 N–H and O–H groups in total. The molecule has 0 unspecified atom stereocenters. The molecule has 1 saturated heterocycles. The second kappa shape index (κ2) is 5.39. The number of hydrogen-bond acceptors (Lipinski definition) is 5. The molecule has 2 rings (SSSR count). The highest BCUT2D eigenvalue weighted by molar-refractivity contribution is 5.46. The van der Waals surface area contributed by atoms with Gasteiger partial charge in [-0.05, 0) is 18.9 Å². The van der Waals surface area contributed by atoms with Crippen LogP contribution in [0, 0.1) is 10.1 Å². The van der Waals surface area contributed by atoms with Crippen LogP contribution in [0.1, 0.15) is 12.8 Å². The first-order valence-corrected chi connectivity index (χ1v) is 5.72. The average molecular weight is 246 g/mol. The topological polar surface area (TPSA) is 71.1 Å². The molecule has 6 nitrogen and oxygen atoms in total. The molecule has 1 heterocycles. The highest BCUT2D eigenvalue weighted by Crippen LogP contribution is 2.21. The average Bonchev–Trinajstić information content (AvgIpc) is 2.76. The van der Waals surface area contributed by atoms with Crippen LogP contribution in [0.5, 0.6) is 0 Å². The SMILES string of the molecule is CN1CCC/C1=C\N=Nc1cccc([N+](=O)[O-])c1. The van der Waals surface area contributed by atoms with Gasteiger partial charge in [0.15, 0.2) is 0 Å². The highest BCUT2D eigenvalue weighted by atomic mass is 16.6. The summed E-state index contributed by atoms with van der Waals surface area (Å²) in [6, 6.07) is 6.12. The molecule has 1 fully saturated rings. The lowest BCUT2D eigenvalue weighted by atomic mass is 10.3. The number of allylic oxidation sites excluding steroid dienone is 1. The molecule has 18 heavy (non-hydrogen) atoms. The summed E-state index contributed by atoms with van der Waals surface area (Å²) in [5, 5.41) is 18.5. The quantitative estimate of drug-likeness (QED) is 0.467. The molecule has 0 aliphatic carbocycles. The molecular formula is C12H14N4O2. The fraction of sp³-hybridized carbons (Fsp3) is 0.333. The summed E-state index contributed by atoms with van der Waals surface area (Å²) in [5.74, 6) is 0. The lowest BCUT2D eigenvalue weighted by Crippen LogP contribution is -2.09. The van der Waals surface area contributed by atoms with Crippen molar-refractivity contribution in [1.29, 1.82) is 0 Å². The number of azo groups is 1. The third-order valence-electron chi connectivity index (χ3n) is 2.84. The van der Waals surface area contributed by atoms with Crippen molar-refractivity contribution in [2.75, 3.05) is 13.6 Å². The summed E-state index contributed by atoms with van der Waals surface area (Å²) < 4.78 is 0. The third-order valence-corrected chi connectivity index (χ3v) is 2.84. The summed E-state index contributed by atoms with van der Waals surface area (Å²) >= 11 is 0. The Balaban J connectivity index is 2.09. The van der Waals surface area contributed by atoms with Crippen molar-refractivity contribution in [3.63, 3.8) is 0 Å². The van der Waals surface area contributed by atoms with Gasteiger partial charge in [0.2, 0.25) is 0 Å². The van der Waals surface area contributed by atoms with Gasteiger partial charge in [0.05, 0.1) is 16.8 Å².